The van der Waals surface area contributed by atoms with E-state index in [4.69, 9.17) is 0 Å². The zero-order valence-electron chi connectivity index (χ0n) is 12.7. The van der Waals surface area contributed by atoms with Crippen molar-refractivity contribution in [2.45, 2.75) is 13.8 Å². The molecule has 0 N–H and O–H groups in total. The lowest BCUT2D eigenvalue weighted by Gasteiger charge is -2.33. The van der Waals surface area contributed by atoms with Crippen molar-refractivity contribution in [3.8, 4) is 0 Å². The summed E-state index contributed by atoms with van der Waals surface area (Å²) in [6.07, 6.45) is 2.63. The molecule has 0 radical (unpaired) electrons. The van der Waals surface area contributed by atoms with E-state index in [1.54, 1.807) is 22.1 Å². The van der Waals surface area contributed by atoms with Gasteiger partial charge in [0.15, 0.2) is 0 Å². The summed E-state index contributed by atoms with van der Waals surface area (Å²) in [4.78, 5) is 32.9. The summed E-state index contributed by atoms with van der Waals surface area (Å²) in [6.45, 7) is 8.34. The van der Waals surface area contributed by atoms with Crippen LogP contribution in [0.2, 0.25) is 0 Å². The number of anilines is 1. The molecule has 2 rings (SSSR count). The van der Waals surface area contributed by atoms with Crippen molar-refractivity contribution in [3.63, 3.8) is 0 Å². The van der Waals surface area contributed by atoms with E-state index in [1.165, 1.54) is 0 Å². The van der Waals surface area contributed by atoms with Gasteiger partial charge < -0.3 is 14.7 Å². The third-order valence-electron chi connectivity index (χ3n) is 3.85. The molecule has 6 heteroatoms. The van der Waals surface area contributed by atoms with Crippen LogP contribution in [0.4, 0.5) is 5.69 Å². The largest absolute Gasteiger partial charge is 0.367 e. The van der Waals surface area contributed by atoms with Gasteiger partial charge in [0.1, 0.15) is 5.69 Å². The molecule has 0 aromatic carbocycles. The summed E-state index contributed by atoms with van der Waals surface area (Å²) >= 11 is 0. The van der Waals surface area contributed by atoms with Gasteiger partial charge in [0.2, 0.25) is 6.41 Å². The van der Waals surface area contributed by atoms with E-state index in [-0.39, 0.29) is 5.91 Å². The van der Waals surface area contributed by atoms with Gasteiger partial charge in [0.05, 0.1) is 11.9 Å². The van der Waals surface area contributed by atoms with Crippen molar-refractivity contribution in [1.82, 2.24) is 14.8 Å². The molecule has 1 fully saturated rings. The molecular formula is C15H22N4O2. The van der Waals surface area contributed by atoms with Gasteiger partial charge >= 0.3 is 0 Å². The summed E-state index contributed by atoms with van der Waals surface area (Å²) in [5.74, 6) is -0.0303. The highest BCUT2D eigenvalue weighted by Crippen LogP contribution is 2.15. The first-order valence-electron chi connectivity index (χ1n) is 7.39. The first-order valence-corrected chi connectivity index (χ1v) is 7.39. The maximum atomic E-state index is 12.2. The summed E-state index contributed by atoms with van der Waals surface area (Å²) < 4.78 is 0. The van der Waals surface area contributed by atoms with Crippen molar-refractivity contribution in [2.24, 2.45) is 0 Å². The Bertz CT molecular complexity index is 477. The lowest BCUT2D eigenvalue weighted by molar-refractivity contribution is -0.118. The summed E-state index contributed by atoms with van der Waals surface area (Å²) in [6, 6.07) is 3.71. The van der Waals surface area contributed by atoms with Gasteiger partial charge in [0.25, 0.3) is 5.91 Å². The number of aromatic nitrogens is 1. The average molecular weight is 290 g/mol. The molecule has 1 aromatic heterocycles. The molecular weight excluding hydrogens is 268 g/mol. The van der Waals surface area contributed by atoms with E-state index in [0.29, 0.717) is 18.8 Å². The zero-order chi connectivity index (χ0) is 15.2. The highest BCUT2D eigenvalue weighted by molar-refractivity contribution is 5.92. The standard InChI is InChI=1S/C15H22N4O2/c1-3-18(4-2)15(21)14-6-5-13(11-16-14)19-9-7-17(12-20)8-10-19/h5-6,11-12H,3-4,7-10H2,1-2H3. The molecule has 0 atom stereocenters. The molecule has 114 valence electrons. The van der Waals surface area contributed by atoms with Gasteiger partial charge in [0, 0.05) is 39.3 Å². The van der Waals surface area contributed by atoms with Crippen LogP contribution in [0.1, 0.15) is 24.3 Å². The number of piperazine rings is 1. The second-order valence-electron chi connectivity index (χ2n) is 5.01. The third-order valence-corrected chi connectivity index (χ3v) is 3.85. The quantitative estimate of drug-likeness (QED) is 0.754. The minimum absolute atomic E-state index is 0.0303. The number of hydrogen-bond donors (Lipinski definition) is 0. The molecule has 1 aromatic rings. The van der Waals surface area contributed by atoms with Crippen LogP contribution >= 0.6 is 0 Å². The SMILES string of the molecule is CCN(CC)C(=O)c1ccc(N2CCN(C=O)CC2)cn1. The zero-order valence-corrected chi connectivity index (χ0v) is 12.7. The minimum atomic E-state index is -0.0303. The number of hydrogen-bond acceptors (Lipinski definition) is 4. The average Bonchev–Trinajstić information content (AvgIpc) is 2.56. The van der Waals surface area contributed by atoms with Crippen LogP contribution in [0.3, 0.4) is 0 Å². The van der Waals surface area contributed by atoms with Gasteiger partial charge in [-0.25, -0.2) is 4.98 Å². The van der Waals surface area contributed by atoms with E-state index in [2.05, 4.69) is 9.88 Å². The van der Waals surface area contributed by atoms with Crippen molar-refractivity contribution < 1.29 is 9.59 Å². The van der Waals surface area contributed by atoms with Crippen LogP contribution in [-0.2, 0) is 4.79 Å². The van der Waals surface area contributed by atoms with Crippen molar-refractivity contribution in [1.29, 1.82) is 0 Å². The second-order valence-corrected chi connectivity index (χ2v) is 5.01. The molecule has 0 bridgehead atoms. The van der Waals surface area contributed by atoms with Gasteiger partial charge in [-0.1, -0.05) is 0 Å². The molecule has 2 heterocycles. The van der Waals surface area contributed by atoms with E-state index in [0.717, 1.165) is 38.3 Å². The van der Waals surface area contributed by atoms with Crippen LogP contribution in [0.5, 0.6) is 0 Å². The highest BCUT2D eigenvalue weighted by atomic mass is 16.2. The predicted octanol–water partition coefficient (Wildman–Crippen LogP) is 0.842. The van der Waals surface area contributed by atoms with Gasteiger partial charge in [-0.3, -0.25) is 9.59 Å². The number of amides is 2. The summed E-state index contributed by atoms with van der Waals surface area (Å²) in [5.41, 5.74) is 1.48. The normalized spacial score (nSPS) is 15.0. The van der Waals surface area contributed by atoms with Crippen LogP contribution in [0, 0.1) is 0 Å². The Balaban J connectivity index is 2.02. The van der Waals surface area contributed by atoms with Crippen LogP contribution in [0.15, 0.2) is 18.3 Å². The molecule has 1 saturated heterocycles. The summed E-state index contributed by atoms with van der Waals surface area (Å²) in [7, 11) is 0. The fourth-order valence-electron chi connectivity index (χ4n) is 2.46. The van der Waals surface area contributed by atoms with E-state index in [9.17, 15) is 9.59 Å². The van der Waals surface area contributed by atoms with Crippen LogP contribution < -0.4 is 4.90 Å². The summed E-state index contributed by atoms with van der Waals surface area (Å²) in [5, 5.41) is 0. The molecule has 6 nitrogen and oxygen atoms in total. The minimum Gasteiger partial charge on any atom is -0.367 e. The van der Waals surface area contributed by atoms with Crippen molar-refractivity contribution >= 4 is 18.0 Å². The van der Waals surface area contributed by atoms with Crippen LogP contribution in [0.25, 0.3) is 0 Å². The molecule has 0 aliphatic carbocycles. The van der Waals surface area contributed by atoms with E-state index >= 15 is 0 Å². The van der Waals surface area contributed by atoms with Crippen molar-refractivity contribution in [3.05, 3.63) is 24.0 Å². The van der Waals surface area contributed by atoms with Gasteiger partial charge in [-0.2, -0.15) is 0 Å². The lowest BCUT2D eigenvalue weighted by Crippen LogP contribution is -2.45. The lowest BCUT2D eigenvalue weighted by atomic mass is 10.2. The third kappa shape index (κ3) is 3.51. The Kier molecular flexibility index (Phi) is 5.14. The first-order chi connectivity index (χ1) is 10.2. The number of pyridine rings is 1. The number of rotatable bonds is 5. The fraction of sp³-hybridized carbons (Fsp3) is 0.533. The van der Waals surface area contributed by atoms with Crippen LogP contribution in [-0.4, -0.2) is 66.4 Å². The Morgan fingerprint density at radius 3 is 2.38 bits per heavy atom. The fourth-order valence-corrected chi connectivity index (χ4v) is 2.46. The van der Waals surface area contributed by atoms with E-state index < -0.39 is 0 Å². The molecule has 21 heavy (non-hydrogen) atoms. The number of carbonyl (C=O) groups is 2. The molecule has 2 amide bonds. The Morgan fingerprint density at radius 1 is 1.24 bits per heavy atom. The smallest absolute Gasteiger partial charge is 0.272 e. The number of carbonyl (C=O) groups excluding carboxylic acids is 2. The first kappa shape index (κ1) is 15.3. The van der Waals surface area contributed by atoms with Gasteiger partial charge in [-0.15, -0.1) is 0 Å². The topological polar surface area (TPSA) is 56.8 Å². The molecule has 0 saturated carbocycles. The van der Waals surface area contributed by atoms with Gasteiger partial charge in [-0.05, 0) is 26.0 Å². The Morgan fingerprint density at radius 2 is 1.90 bits per heavy atom. The monoisotopic (exact) mass is 290 g/mol. The molecule has 0 spiro atoms. The Hall–Kier alpha value is -2.11. The Labute approximate surface area is 125 Å². The highest BCUT2D eigenvalue weighted by Gasteiger charge is 2.17. The second kappa shape index (κ2) is 7.06. The molecule has 1 aliphatic heterocycles. The molecule has 0 unspecified atom stereocenters. The maximum absolute atomic E-state index is 12.2. The molecule has 1 aliphatic rings. The van der Waals surface area contributed by atoms with E-state index in [1.807, 2.05) is 19.9 Å². The number of nitrogens with zero attached hydrogens (tertiary/aromatic N) is 4. The predicted molar refractivity (Wildman–Crippen MR) is 81.3 cm³/mol. The maximum Gasteiger partial charge on any atom is 0.272 e. The van der Waals surface area contributed by atoms with Crippen molar-refractivity contribution in [2.75, 3.05) is 44.2 Å².